The van der Waals surface area contributed by atoms with Crippen LogP contribution in [-0.4, -0.2) is 31.5 Å². The minimum Gasteiger partial charge on any atom is -0.322 e. The molecule has 1 amide bonds. The van der Waals surface area contributed by atoms with Gasteiger partial charge in [0.1, 0.15) is 0 Å². The summed E-state index contributed by atoms with van der Waals surface area (Å²) in [6, 6.07) is 14.7. The van der Waals surface area contributed by atoms with Crippen molar-refractivity contribution >= 4 is 22.9 Å². The molecule has 128 valence electrons. The minimum absolute atomic E-state index is 0.184. The molecular weight excluding hydrogens is 348 g/mol. The maximum absolute atomic E-state index is 12.5. The Morgan fingerprint density at radius 1 is 1.12 bits per heavy atom. The summed E-state index contributed by atoms with van der Waals surface area (Å²) in [7, 11) is 0. The number of tetrazole rings is 1. The number of aryl methyl sites for hydroxylation is 1. The second-order valence-electron chi connectivity index (χ2n) is 5.60. The summed E-state index contributed by atoms with van der Waals surface area (Å²) < 4.78 is 0. The average Bonchev–Trinajstić information content (AvgIpc) is 3.34. The number of benzene rings is 2. The molecule has 0 spiro atoms. The number of amides is 1. The number of nitrogens with one attached hydrogen (secondary N) is 2. The molecule has 0 aliphatic rings. The van der Waals surface area contributed by atoms with Crippen LogP contribution in [0.25, 0.3) is 22.6 Å². The summed E-state index contributed by atoms with van der Waals surface area (Å²) >= 11 is 1.60. The first kappa shape index (κ1) is 16.1. The van der Waals surface area contributed by atoms with Crippen molar-refractivity contribution in [3.05, 3.63) is 64.5 Å². The van der Waals surface area contributed by atoms with Gasteiger partial charge in [0, 0.05) is 27.8 Å². The van der Waals surface area contributed by atoms with Gasteiger partial charge in [0.05, 0.1) is 10.7 Å². The van der Waals surface area contributed by atoms with Crippen molar-refractivity contribution in [1.29, 1.82) is 0 Å². The first-order valence-electron chi connectivity index (χ1n) is 7.87. The van der Waals surface area contributed by atoms with Crippen LogP contribution in [0.1, 0.15) is 15.4 Å². The zero-order valence-electron chi connectivity index (χ0n) is 13.8. The molecule has 0 bridgehead atoms. The molecule has 2 N–H and O–H groups in total. The van der Waals surface area contributed by atoms with Crippen molar-refractivity contribution in [3.8, 4) is 22.6 Å². The quantitative estimate of drug-likeness (QED) is 0.579. The van der Waals surface area contributed by atoms with E-state index < -0.39 is 0 Å². The molecule has 0 saturated heterocycles. The summed E-state index contributed by atoms with van der Waals surface area (Å²) in [5.74, 6) is 0.305. The van der Waals surface area contributed by atoms with Gasteiger partial charge in [-0.1, -0.05) is 24.3 Å². The van der Waals surface area contributed by atoms with Crippen molar-refractivity contribution in [3.63, 3.8) is 0 Å². The fourth-order valence-corrected chi connectivity index (χ4v) is 3.13. The topological polar surface area (TPSA) is 96.5 Å². The van der Waals surface area contributed by atoms with Gasteiger partial charge in [0.2, 0.25) is 5.82 Å². The lowest BCUT2D eigenvalue weighted by Gasteiger charge is -2.07. The van der Waals surface area contributed by atoms with E-state index in [0.29, 0.717) is 11.4 Å². The van der Waals surface area contributed by atoms with E-state index >= 15 is 0 Å². The number of anilines is 1. The molecule has 0 saturated carbocycles. The number of aromatic amines is 1. The lowest BCUT2D eigenvalue weighted by molar-refractivity contribution is 0.102. The summed E-state index contributed by atoms with van der Waals surface area (Å²) in [6.45, 7) is 1.97. The highest BCUT2D eigenvalue weighted by atomic mass is 32.1. The Hall–Kier alpha value is -3.39. The smallest absolute Gasteiger partial charge is 0.255 e. The molecule has 0 atom stereocenters. The van der Waals surface area contributed by atoms with Gasteiger partial charge in [-0.25, -0.2) is 4.98 Å². The molecule has 8 heteroatoms. The van der Waals surface area contributed by atoms with Crippen molar-refractivity contribution in [2.45, 2.75) is 6.92 Å². The van der Waals surface area contributed by atoms with Crippen LogP contribution >= 0.6 is 11.3 Å². The monoisotopic (exact) mass is 362 g/mol. The Morgan fingerprint density at radius 2 is 1.96 bits per heavy atom. The van der Waals surface area contributed by atoms with Crippen LogP contribution in [0.2, 0.25) is 0 Å². The van der Waals surface area contributed by atoms with E-state index in [9.17, 15) is 4.79 Å². The van der Waals surface area contributed by atoms with Gasteiger partial charge in [-0.2, -0.15) is 5.21 Å². The number of nitrogens with zero attached hydrogens (tertiary/aromatic N) is 4. The largest absolute Gasteiger partial charge is 0.322 e. The Labute approximate surface area is 153 Å². The molecule has 7 nitrogen and oxygen atoms in total. The maximum Gasteiger partial charge on any atom is 0.255 e. The highest BCUT2D eigenvalue weighted by Gasteiger charge is 2.09. The molecule has 0 radical (unpaired) electrons. The van der Waals surface area contributed by atoms with E-state index in [-0.39, 0.29) is 5.91 Å². The lowest BCUT2D eigenvalue weighted by atomic mass is 10.1. The number of aromatic nitrogens is 5. The minimum atomic E-state index is -0.184. The van der Waals surface area contributed by atoms with E-state index in [2.05, 4.69) is 30.9 Å². The highest BCUT2D eigenvalue weighted by molar-refractivity contribution is 7.09. The number of thiazole rings is 1. The molecule has 2 aromatic carbocycles. The van der Waals surface area contributed by atoms with Crippen molar-refractivity contribution in [1.82, 2.24) is 25.6 Å². The van der Waals surface area contributed by atoms with Crippen LogP contribution in [0.4, 0.5) is 5.69 Å². The summed E-state index contributed by atoms with van der Waals surface area (Å²) in [4.78, 5) is 17.0. The molecule has 0 fully saturated rings. The Morgan fingerprint density at radius 3 is 2.65 bits per heavy atom. The molecule has 0 aliphatic carbocycles. The molecule has 2 heterocycles. The fraction of sp³-hybridized carbons (Fsp3) is 0.0556. The van der Waals surface area contributed by atoms with Gasteiger partial charge in [0.25, 0.3) is 5.91 Å². The first-order valence-corrected chi connectivity index (χ1v) is 8.75. The average molecular weight is 362 g/mol. The van der Waals surface area contributed by atoms with Crippen LogP contribution in [0.5, 0.6) is 0 Å². The molecule has 4 rings (SSSR count). The lowest BCUT2D eigenvalue weighted by Crippen LogP contribution is -2.11. The van der Waals surface area contributed by atoms with E-state index in [1.165, 1.54) is 0 Å². The SMILES string of the molecule is Cc1nc(-c2cccc(NC(=O)c3ccc(-c4nn[nH]n4)cc3)c2)cs1. The molecule has 4 aromatic rings. The van der Waals surface area contributed by atoms with Crippen molar-refractivity contribution < 1.29 is 4.79 Å². The summed E-state index contributed by atoms with van der Waals surface area (Å²) in [6.07, 6.45) is 0. The number of carbonyl (C=O) groups excluding carboxylic acids is 1. The zero-order valence-corrected chi connectivity index (χ0v) is 14.6. The van der Waals surface area contributed by atoms with Crippen LogP contribution in [0.15, 0.2) is 53.9 Å². The van der Waals surface area contributed by atoms with Crippen LogP contribution < -0.4 is 5.32 Å². The van der Waals surface area contributed by atoms with Gasteiger partial charge in [0.15, 0.2) is 0 Å². The van der Waals surface area contributed by atoms with Gasteiger partial charge in [-0.15, -0.1) is 21.5 Å². The predicted molar refractivity (Wildman–Crippen MR) is 99.9 cm³/mol. The predicted octanol–water partition coefficient (Wildman–Crippen LogP) is 3.55. The first-order chi connectivity index (χ1) is 12.7. The van der Waals surface area contributed by atoms with Crippen LogP contribution in [0.3, 0.4) is 0 Å². The number of carbonyl (C=O) groups is 1. The zero-order chi connectivity index (χ0) is 17.9. The van der Waals surface area contributed by atoms with Crippen LogP contribution in [-0.2, 0) is 0 Å². The van der Waals surface area contributed by atoms with E-state index in [1.807, 2.05) is 36.6 Å². The van der Waals surface area contributed by atoms with Crippen molar-refractivity contribution in [2.75, 3.05) is 5.32 Å². The van der Waals surface area contributed by atoms with E-state index in [0.717, 1.165) is 27.5 Å². The maximum atomic E-state index is 12.5. The van der Waals surface area contributed by atoms with Gasteiger partial charge < -0.3 is 5.32 Å². The van der Waals surface area contributed by atoms with Crippen LogP contribution in [0, 0.1) is 6.92 Å². The third-order valence-electron chi connectivity index (χ3n) is 3.79. The second kappa shape index (κ2) is 6.85. The standard InChI is InChI=1S/C18H14N6OS/c1-11-19-16(10-26-11)14-3-2-4-15(9-14)20-18(25)13-7-5-12(6-8-13)17-21-23-24-22-17/h2-10H,1H3,(H,20,25)(H,21,22,23,24). The normalized spacial score (nSPS) is 10.7. The van der Waals surface area contributed by atoms with Gasteiger partial charge in [-0.05, 0) is 36.4 Å². The third-order valence-corrected chi connectivity index (χ3v) is 4.56. The molecule has 26 heavy (non-hydrogen) atoms. The molecular formula is C18H14N6OS. The number of hydrogen-bond acceptors (Lipinski definition) is 6. The second-order valence-corrected chi connectivity index (χ2v) is 6.66. The van der Waals surface area contributed by atoms with Gasteiger partial charge in [-0.3, -0.25) is 4.79 Å². The summed E-state index contributed by atoms with van der Waals surface area (Å²) in [5.41, 5.74) is 3.94. The van der Waals surface area contributed by atoms with E-state index in [4.69, 9.17) is 0 Å². The Bertz CT molecular complexity index is 1040. The van der Waals surface area contributed by atoms with E-state index in [1.54, 1.807) is 35.6 Å². The number of rotatable bonds is 4. The van der Waals surface area contributed by atoms with Gasteiger partial charge >= 0.3 is 0 Å². The Balaban J connectivity index is 1.51. The number of H-pyrrole nitrogens is 1. The van der Waals surface area contributed by atoms with Crippen molar-refractivity contribution in [2.24, 2.45) is 0 Å². The molecule has 2 aromatic heterocycles. The fourth-order valence-electron chi connectivity index (χ4n) is 2.51. The highest BCUT2D eigenvalue weighted by Crippen LogP contribution is 2.24. The third kappa shape index (κ3) is 3.35. The Kier molecular flexibility index (Phi) is 4.24. The summed E-state index contributed by atoms with van der Waals surface area (Å²) in [5, 5.41) is 19.7. The molecule has 0 aliphatic heterocycles. The number of hydrogen-bond donors (Lipinski definition) is 2. The molecule has 0 unspecified atom stereocenters.